The van der Waals surface area contributed by atoms with Crippen molar-refractivity contribution in [3.8, 4) is 0 Å². The molecule has 0 saturated carbocycles. The first-order valence-corrected chi connectivity index (χ1v) is 11.6. The SMILES string of the molecule is CCC(CC)(CC)OC(=O)N1CCC(C(C)(c2ccccc2)c2ccccc2)CC1. The van der Waals surface area contributed by atoms with Crippen molar-refractivity contribution >= 4 is 6.09 Å². The van der Waals surface area contributed by atoms with Crippen LogP contribution >= 0.6 is 0 Å². The van der Waals surface area contributed by atoms with Gasteiger partial charge in [-0.1, -0.05) is 88.4 Å². The number of likely N-dealkylation sites (tertiary alicyclic amines) is 1. The summed E-state index contributed by atoms with van der Waals surface area (Å²) in [6.45, 7) is 10.2. The number of rotatable bonds is 7. The molecule has 1 fully saturated rings. The highest BCUT2D eigenvalue weighted by Gasteiger charge is 2.40. The topological polar surface area (TPSA) is 29.5 Å². The van der Waals surface area contributed by atoms with E-state index in [0.29, 0.717) is 5.92 Å². The van der Waals surface area contributed by atoms with E-state index in [1.165, 1.54) is 11.1 Å². The standard InChI is InChI=1S/C27H37NO2/c1-5-27(6-2,7-3)30-25(29)28-20-18-24(19-21-28)26(4,22-14-10-8-11-15-22)23-16-12-9-13-17-23/h8-17,24H,5-7,18-21H2,1-4H3. The molecule has 3 heteroatoms. The highest BCUT2D eigenvalue weighted by Crippen LogP contribution is 2.43. The van der Waals surface area contributed by atoms with Crippen LogP contribution < -0.4 is 0 Å². The fourth-order valence-corrected chi connectivity index (χ4v) is 5.06. The largest absolute Gasteiger partial charge is 0.443 e. The lowest BCUT2D eigenvalue weighted by Crippen LogP contribution is -2.47. The zero-order valence-corrected chi connectivity index (χ0v) is 19.1. The molecule has 0 N–H and O–H groups in total. The molecular weight excluding hydrogens is 370 g/mol. The van der Waals surface area contributed by atoms with Gasteiger partial charge in [-0.3, -0.25) is 0 Å². The molecule has 0 aromatic heterocycles. The Balaban J connectivity index is 1.77. The third-order valence-corrected chi connectivity index (χ3v) is 7.55. The average Bonchev–Trinajstić information content (AvgIpc) is 2.83. The molecule has 0 radical (unpaired) electrons. The number of piperidine rings is 1. The molecule has 0 atom stereocenters. The van der Waals surface area contributed by atoms with Gasteiger partial charge in [-0.15, -0.1) is 0 Å². The Morgan fingerprint density at radius 3 is 1.70 bits per heavy atom. The van der Waals surface area contributed by atoms with Gasteiger partial charge in [-0.05, 0) is 49.1 Å². The maximum absolute atomic E-state index is 12.9. The third kappa shape index (κ3) is 4.40. The number of amides is 1. The Labute approximate surface area is 182 Å². The van der Waals surface area contributed by atoms with E-state index in [1.807, 2.05) is 4.90 Å². The quantitative estimate of drug-likeness (QED) is 0.504. The lowest BCUT2D eigenvalue weighted by atomic mass is 9.64. The van der Waals surface area contributed by atoms with Crippen molar-refractivity contribution in [3.63, 3.8) is 0 Å². The molecule has 2 aromatic carbocycles. The van der Waals surface area contributed by atoms with Crippen LogP contribution in [0.1, 0.15) is 70.9 Å². The van der Waals surface area contributed by atoms with Crippen LogP contribution in [0.3, 0.4) is 0 Å². The van der Waals surface area contributed by atoms with Crippen LogP contribution in [0.2, 0.25) is 0 Å². The summed E-state index contributed by atoms with van der Waals surface area (Å²) in [6, 6.07) is 21.6. The van der Waals surface area contributed by atoms with Crippen LogP contribution in [0.5, 0.6) is 0 Å². The van der Waals surface area contributed by atoms with E-state index in [2.05, 4.69) is 88.4 Å². The molecule has 3 rings (SSSR count). The van der Waals surface area contributed by atoms with Crippen LogP contribution in [0.15, 0.2) is 60.7 Å². The van der Waals surface area contributed by atoms with Gasteiger partial charge in [-0.2, -0.15) is 0 Å². The molecule has 1 heterocycles. The lowest BCUT2D eigenvalue weighted by molar-refractivity contribution is -0.0233. The van der Waals surface area contributed by atoms with Crippen LogP contribution in [-0.4, -0.2) is 29.7 Å². The third-order valence-electron chi connectivity index (χ3n) is 7.55. The van der Waals surface area contributed by atoms with Gasteiger partial charge in [0.25, 0.3) is 0 Å². The molecule has 162 valence electrons. The number of ether oxygens (including phenoxy) is 1. The van der Waals surface area contributed by atoms with Crippen molar-refractivity contribution in [3.05, 3.63) is 71.8 Å². The second-order valence-corrected chi connectivity index (χ2v) is 8.81. The molecule has 1 aliphatic heterocycles. The van der Waals surface area contributed by atoms with E-state index in [4.69, 9.17) is 4.74 Å². The van der Waals surface area contributed by atoms with E-state index in [-0.39, 0.29) is 17.1 Å². The van der Waals surface area contributed by atoms with Gasteiger partial charge in [0.1, 0.15) is 5.60 Å². The Morgan fingerprint density at radius 1 is 0.867 bits per heavy atom. The van der Waals surface area contributed by atoms with Gasteiger partial charge in [0.2, 0.25) is 0 Å². The summed E-state index contributed by atoms with van der Waals surface area (Å²) in [5, 5.41) is 0. The molecule has 1 amide bonds. The minimum Gasteiger partial charge on any atom is -0.443 e. The molecule has 0 spiro atoms. The number of nitrogens with zero attached hydrogens (tertiary/aromatic N) is 1. The van der Waals surface area contributed by atoms with Gasteiger partial charge in [-0.25, -0.2) is 4.79 Å². The maximum Gasteiger partial charge on any atom is 0.410 e. The summed E-state index contributed by atoms with van der Waals surface area (Å²) in [7, 11) is 0. The Kier molecular flexibility index (Phi) is 7.23. The predicted molar refractivity (Wildman–Crippen MR) is 124 cm³/mol. The van der Waals surface area contributed by atoms with Crippen molar-refractivity contribution in [2.45, 2.75) is 70.8 Å². The average molecular weight is 408 g/mol. The molecule has 0 unspecified atom stereocenters. The van der Waals surface area contributed by atoms with Crippen molar-refractivity contribution in [1.82, 2.24) is 4.90 Å². The summed E-state index contributed by atoms with van der Waals surface area (Å²) in [5.41, 5.74) is 2.30. The highest BCUT2D eigenvalue weighted by atomic mass is 16.6. The molecule has 30 heavy (non-hydrogen) atoms. The first kappa shape index (κ1) is 22.4. The summed E-state index contributed by atoms with van der Waals surface area (Å²) in [4.78, 5) is 14.8. The zero-order valence-electron chi connectivity index (χ0n) is 19.1. The predicted octanol–water partition coefficient (Wildman–Crippen LogP) is 6.81. The summed E-state index contributed by atoms with van der Waals surface area (Å²) in [5.74, 6) is 0.472. The van der Waals surface area contributed by atoms with E-state index in [9.17, 15) is 4.79 Å². The molecule has 3 nitrogen and oxygen atoms in total. The highest BCUT2D eigenvalue weighted by molar-refractivity contribution is 5.68. The fourth-order valence-electron chi connectivity index (χ4n) is 5.06. The van der Waals surface area contributed by atoms with Crippen molar-refractivity contribution in [2.24, 2.45) is 5.92 Å². The fraction of sp³-hybridized carbons (Fsp3) is 0.519. The first-order chi connectivity index (χ1) is 14.5. The number of carbonyl (C=O) groups is 1. The molecule has 0 aliphatic carbocycles. The second-order valence-electron chi connectivity index (χ2n) is 8.81. The van der Waals surface area contributed by atoms with Crippen molar-refractivity contribution in [2.75, 3.05) is 13.1 Å². The lowest BCUT2D eigenvalue weighted by Gasteiger charge is -2.44. The first-order valence-electron chi connectivity index (χ1n) is 11.6. The minimum atomic E-state index is -0.323. The van der Waals surface area contributed by atoms with Crippen molar-refractivity contribution in [1.29, 1.82) is 0 Å². The van der Waals surface area contributed by atoms with Gasteiger partial charge >= 0.3 is 6.09 Å². The van der Waals surface area contributed by atoms with E-state index in [1.54, 1.807) is 0 Å². The molecule has 2 aromatic rings. The number of hydrogen-bond acceptors (Lipinski definition) is 2. The van der Waals surface area contributed by atoms with E-state index >= 15 is 0 Å². The Morgan fingerprint density at radius 2 is 1.30 bits per heavy atom. The second kappa shape index (κ2) is 9.68. The van der Waals surface area contributed by atoms with Gasteiger partial charge in [0.05, 0.1) is 0 Å². The van der Waals surface area contributed by atoms with Crippen LogP contribution in [0, 0.1) is 5.92 Å². The minimum absolute atomic E-state index is 0.0709. The van der Waals surface area contributed by atoms with Crippen LogP contribution in [-0.2, 0) is 10.2 Å². The maximum atomic E-state index is 12.9. The Bertz CT molecular complexity index is 742. The van der Waals surface area contributed by atoms with Crippen LogP contribution in [0.4, 0.5) is 4.79 Å². The zero-order chi connectivity index (χ0) is 21.6. The molecule has 0 bridgehead atoms. The number of benzene rings is 2. The number of carbonyl (C=O) groups excluding carboxylic acids is 1. The molecule has 1 aliphatic rings. The summed E-state index contributed by atoms with van der Waals surface area (Å²) in [6.07, 6.45) is 4.41. The Hall–Kier alpha value is -2.29. The van der Waals surface area contributed by atoms with E-state index < -0.39 is 0 Å². The summed E-state index contributed by atoms with van der Waals surface area (Å²) < 4.78 is 6.00. The number of hydrogen-bond donors (Lipinski definition) is 0. The molecular formula is C27H37NO2. The van der Waals surface area contributed by atoms with Crippen molar-refractivity contribution < 1.29 is 9.53 Å². The van der Waals surface area contributed by atoms with E-state index in [0.717, 1.165) is 45.2 Å². The van der Waals surface area contributed by atoms with Gasteiger partial charge < -0.3 is 9.64 Å². The van der Waals surface area contributed by atoms with Gasteiger partial charge in [0.15, 0.2) is 0 Å². The molecule has 1 saturated heterocycles. The summed E-state index contributed by atoms with van der Waals surface area (Å²) >= 11 is 0. The smallest absolute Gasteiger partial charge is 0.410 e. The van der Waals surface area contributed by atoms with Gasteiger partial charge in [0, 0.05) is 18.5 Å². The monoisotopic (exact) mass is 407 g/mol. The van der Waals surface area contributed by atoms with Crippen LogP contribution in [0.25, 0.3) is 0 Å². The normalized spacial score (nSPS) is 15.8.